The van der Waals surface area contributed by atoms with Crippen molar-refractivity contribution in [3.63, 3.8) is 0 Å². The first kappa shape index (κ1) is 18.9. The minimum Gasteiger partial charge on any atom is -0.497 e. The highest BCUT2D eigenvalue weighted by molar-refractivity contribution is 8.15. The Morgan fingerprint density at radius 1 is 1.26 bits per heavy atom. The predicted octanol–water partition coefficient (Wildman–Crippen LogP) is 3.30. The van der Waals surface area contributed by atoms with Gasteiger partial charge in [-0.3, -0.25) is 14.6 Å². The number of amidine groups is 1. The monoisotopic (exact) mass is 387 g/mol. The van der Waals surface area contributed by atoms with Crippen LogP contribution in [0.15, 0.2) is 53.5 Å². The lowest BCUT2D eigenvalue weighted by Gasteiger charge is -2.16. The minimum atomic E-state index is -0.598. The van der Waals surface area contributed by atoms with E-state index in [9.17, 15) is 14.0 Å². The van der Waals surface area contributed by atoms with E-state index in [0.717, 1.165) is 11.8 Å². The summed E-state index contributed by atoms with van der Waals surface area (Å²) >= 11 is 1.15. The van der Waals surface area contributed by atoms with Crippen LogP contribution in [0.2, 0.25) is 0 Å². The zero-order valence-electron chi connectivity index (χ0n) is 14.8. The standard InChI is InChI=1S/C19H18FN3O3S/c1-21-19(22-13-5-3-4-12(20)10-13)27-16-11-17(24)23(18(16)25)14-6-8-15(26-2)9-7-14/h3-10,16H,11H2,1-2H3,(H,21,22)/t16-/m0/s1. The van der Waals surface area contributed by atoms with Crippen LogP contribution in [0.3, 0.4) is 0 Å². The molecule has 0 bridgehead atoms. The van der Waals surface area contributed by atoms with Crippen molar-refractivity contribution in [2.45, 2.75) is 11.7 Å². The van der Waals surface area contributed by atoms with Crippen LogP contribution in [0.1, 0.15) is 6.42 Å². The van der Waals surface area contributed by atoms with E-state index in [1.807, 2.05) is 0 Å². The van der Waals surface area contributed by atoms with Gasteiger partial charge in [0.25, 0.3) is 0 Å². The first-order valence-electron chi connectivity index (χ1n) is 8.18. The molecule has 140 valence electrons. The normalized spacial score (nSPS) is 17.4. The minimum absolute atomic E-state index is 0.0688. The number of imide groups is 1. The highest BCUT2D eigenvalue weighted by Crippen LogP contribution is 2.31. The number of ether oxygens (including phenoxy) is 1. The molecule has 0 aromatic heterocycles. The smallest absolute Gasteiger partial charge is 0.247 e. The summed E-state index contributed by atoms with van der Waals surface area (Å²) in [5, 5.41) is 2.81. The van der Waals surface area contributed by atoms with Crippen LogP contribution < -0.4 is 15.0 Å². The van der Waals surface area contributed by atoms with E-state index >= 15 is 0 Å². The zero-order chi connectivity index (χ0) is 19.4. The van der Waals surface area contributed by atoms with Gasteiger partial charge in [0.05, 0.1) is 12.8 Å². The van der Waals surface area contributed by atoms with Crippen molar-refractivity contribution in [2.75, 3.05) is 24.4 Å². The van der Waals surface area contributed by atoms with Crippen molar-refractivity contribution < 1.29 is 18.7 Å². The van der Waals surface area contributed by atoms with E-state index < -0.39 is 5.25 Å². The van der Waals surface area contributed by atoms with E-state index in [4.69, 9.17) is 4.74 Å². The van der Waals surface area contributed by atoms with Crippen LogP contribution in [0.25, 0.3) is 0 Å². The van der Waals surface area contributed by atoms with Gasteiger partial charge in [-0.2, -0.15) is 0 Å². The van der Waals surface area contributed by atoms with Crippen molar-refractivity contribution >= 4 is 40.1 Å². The fourth-order valence-electron chi connectivity index (χ4n) is 2.66. The number of carbonyl (C=O) groups excluding carboxylic acids is 2. The van der Waals surface area contributed by atoms with E-state index in [1.54, 1.807) is 50.6 Å². The number of methoxy groups -OCH3 is 1. The molecule has 27 heavy (non-hydrogen) atoms. The fourth-order valence-corrected chi connectivity index (χ4v) is 3.65. The molecular formula is C19H18FN3O3S. The molecule has 2 aromatic rings. The van der Waals surface area contributed by atoms with Crippen molar-refractivity contribution in [1.29, 1.82) is 0 Å². The van der Waals surface area contributed by atoms with Gasteiger partial charge in [-0.15, -0.1) is 0 Å². The molecule has 0 unspecified atom stereocenters. The molecule has 1 aliphatic rings. The molecule has 1 heterocycles. The number of hydrogen-bond donors (Lipinski definition) is 1. The summed E-state index contributed by atoms with van der Waals surface area (Å²) in [4.78, 5) is 30.4. The lowest BCUT2D eigenvalue weighted by Crippen LogP contribution is -2.31. The van der Waals surface area contributed by atoms with Crippen molar-refractivity contribution in [3.8, 4) is 5.75 Å². The number of thioether (sulfide) groups is 1. The number of rotatable bonds is 4. The van der Waals surface area contributed by atoms with E-state index in [2.05, 4.69) is 10.3 Å². The molecule has 6 nitrogen and oxygen atoms in total. The summed E-state index contributed by atoms with van der Waals surface area (Å²) in [6, 6.07) is 12.7. The number of carbonyl (C=O) groups is 2. The molecule has 0 spiro atoms. The Kier molecular flexibility index (Phi) is 5.75. The summed E-state index contributed by atoms with van der Waals surface area (Å²) < 4.78 is 18.4. The lowest BCUT2D eigenvalue weighted by molar-refractivity contribution is -0.121. The topological polar surface area (TPSA) is 71.0 Å². The second-order valence-corrected chi connectivity index (χ2v) is 6.93. The molecule has 8 heteroatoms. The lowest BCUT2D eigenvalue weighted by atomic mass is 10.3. The molecule has 0 saturated carbocycles. The Hall–Kier alpha value is -2.87. The van der Waals surface area contributed by atoms with E-state index in [-0.39, 0.29) is 24.1 Å². The van der Waals surface area contributed by atoms with Gasteiger partial charge in [0.15, 0.2) is 5.17 Å². The number of amides is 2. The maximum atomic E-state index is 13.3. The number of nitrogens with zero attached hydrogens (tertiary/aromatic N) is 2. The van der Waals surface area contributed by atoms with Crippen LogP contribution in [-0.4, -0.2) is 36.4 Å². The molecule has 1 saturated heterocycles. The highest BCUT2D eigenvalue weighted by atomic mass is 32.2. The Balaban J connectivity index is 1.71. The maximum Gasteiger partial charge on any atom is 0.247 e. The SMILES string of the molecule is CN=C(Nc1cccc(F)c1)S[C@H]1CC(=O)N(c2ccc(OC)cc2)C1=O. The first-order valence-corrected chi connectivity index (χ1v) is 9.06. The number of benzene rings is 2. The molecule has 0 radical (unpaired) electrons. The molecule has 3 rings (SSSR count). The molecular weight excluding hydrogens is 369 g/mol. The number of halogens is 1. The molecule has 0 aliphatic carbocycles. The van der Waals surface area contributed by atoms with Gasteiger partial charge < -0.3 is 10.1 Å². The molecule has 2 aromatic carbocycles. The number of aliphatic imine (C=N–C) groups is 1. The van der Waals surface area contributed by atoms with Gasteiger partial charge in [-0.1, -0.05) is 17.8 Å². The van der Waals surface area contributed by atoms with Gasteiger partial charge in [-0.05, 0) is 42.5 Å². The van der Waals surface area contributed by atoms with Crippen LogP contribution in [0.5, 0.6) is 5.75 Å². The van der Waals surface area contributed by atoms with Gasteiger partial charge in [0, 0.05) is 19.2 Å². The summed E-state index contributed by atoms with van der Waals surface area (Å²) in [6.07, 6.45) is 0.0688. The van der Waals surface area contributed by atoms with Crippen LogP contribution in [0.4, 0.5) is 15.8 Å². The third-order valence-corrected chi connectivity index (χ3v) is 5.13. The Bertz CT molecular complexity index is 886. The average molecular weight is 387 g/mol. The number of hydrogen-bond acceptors (Lipinski definition) is 5. The summed E-state index contributed by atoms with van der Waals surface area (Å²) in [5.74, 6) is -0.317. The Morgan fingerprint density at radius 3 is 2.63 bits per heavy atom. The summed E-state index contributed by atoms with van der Waals surface area (Å²) in [5.41, 5.74) is 1.02. The molecule has 1 atom stereocenters. The van der Waals surface area contributed by atoms with E-state index in [0.29, 0.717) is 22.3 Å². The van der Waals surface area contributed by atoms with Gasteiger partial charge in [0.1, 0.15) is 16.8 Å². The Morgan fingerprint density at radius 2 is 2.00 bits per heavy atom. The summed E-state index contributed by atoms with van der Waals surface area (Å²) in [6.45, 7) is 0. The maximum absolute atomic E-state index is 13.3. The third kappa shape index (κ3) is 4.28. The quantitative estimate of drug-likeness (QED) is 0.495. The second kappa shape index (κ2) is 8.22. The largest absolute Gasteiger partial charge is 0.497 e. The molecule has 1 aliphatic heterocycles. The van der Waals surface area contributed by atoms with Crippen LogP contribution >= 0.6 is 11.8 Å². The number of anilines is 2. The molecule has 1 N–H and O–H groups in total. The third-order valence-electron chi connectivity index (χ3n) is 3.97. The van der Waals surface area contributed by atoms with Crippen molar-refractivity contribution in [2.24, 2.45) is 4.99 Å². The van der Waals surface area contributed by atoms with Crippen LogP contribution in [-0.2, 0) is 9.59 Å². The van der Waals surface area contributed by atoms with Gasteiger partial charge in [0.2, 0.25) is 11.8 Å². The first-order chi connectivity index (χ1) is 13.0. The van der Waals surface area contributed by atoms with E-state index in [1.165, 1.54) is 17.0 Å². The van der Waals surface area contributed by atoms with Gasteiger partial charge >= 0.3 is 0 Å². The number of nitrogens with one attached hydrogen (secondary N) is 1. The predicted molar refractivity (Wildman–Crippen MR) is 105 cm³/mol. The Labute approximate surface area is 160 Å². The fraction of sp³-hybridized carbons (Fsp3) is 0.211. The highest BCUT2D eigenvalue weighted by Gasteiger charge is 2.40. The van der Waals surface area contributed by atoms with Crippen LogP contribution in [0, 0.1) is 5.82 Å². The van der Waals surface area contributed by atoms with Crippen molar-refractivity contribution in [3.05, 3.63) is 54.3 Å². The zero-order valence-corrected chi connectivity index (χ0v) is 15.6. The summed E-state index contributed by atoms with van der Waals surface area (Å²) in [7, 11) is 3.11. The molecule has 1 fully saturated rings. The second-order valence-electron chi connectivity index (χ2n) is 5.74. The van der Waals surface area contributed by atoms with Gasteiger partial charge in [-0.25, -0.2) is 9.29 Å². The average Bonchev–Trinajstić information content (AvgIpc) is 2.94. The molecule has 2 amide bonds. The van der Waals surface area contributed by atoms with Crippen molar-refractivity contribution in [1.82, 2.24) is 0 Å².